The topological polar surface area (TPSA) is 40.5 Å². The Morgan fingerprint density at radius 2 is 1.71 bits per heavy atom. The number of hydrogen-bond acceptors (Lipinski definition) is 2. The maximum Gasteiger partial charge on any atom is 0.489 e. The number of benzene rings is 2. The van der Waals surface area contributed by atoms with Gasteiger partial charge in [0.2, 0.25) is 0 Å². The van der Waals surface area contributed by atoms with Gasteiger partial charge in [-0.1, -0.05) is 24.3 Å². The third-order valence-electron chi connectivity index (χ3n) is 2.52. The zero-order valence-electron chi connectivity index (χ0n) is 8.57. The average Bonchev–Trinajstić information content (AvgIpc) is 2.26. The quantitative estimate of drug-likeness (QED) is 0.742. The zero-order chi connectivity index (χ0) is 12.6. The van der Waals surface area contributed by atoms with E-state index in [0.717, 1.165) is 12.1 Å². The molecule has 0 aliphatic heterocycles. The number of alkyl halides is 3. The maximum absolute atomic E-state index is 12.5. The van der Waals surface area contributed by atoms with Crippen molar-refractivity contribution in [1.82, 2.24) is 0 Å². The molecule has 0 aliphatic carbocycles. The van der Waals surface area contributed by atoms with Crippen molar-refractivity contribution < 1.29 is 23.2 Å². The summed E-state index contributed by atoms with van der Waals surface area (Å²) in [5.41, 5.74) is -0.744. The fourth-order valence-corrected chi connectivity index (χ4v) is 1.70. The lowest BCUT2D eigenvalue weighted by Gasteiger charge is -2.10. The summed E-state index contributed by atoms with van der Waals surface area (Å²) in [6, 6.07) is 7.75. The summed E-state index contributed by atoms with van der Waals surface area (Å²) in [5.74, 6) is 0. The summed E-state index contributed by atoms with van der Waals surface area (Å²) in [6.45, 7) is 0. The first-order valence-corrected chi connectivity index (χ1v) is 4.85. The molecule has 0 aromatic heterocycles. The Kier molecular flexibility index (Phi) is 2.85. The van der Waals surface area contributed by atoms with Crippen LogP contribution in [0.4, 0.5) is 13.2 Å². The van der Waals surface area contributed by atoms with Crippen molar-refractivity contribution in [2.24, 2.45) is 0 Å². The summed E-state index contributed by atoms with van der Waals surface area (Å²) in [6.07, 6.45) is -4.44. The molecule has 0 heterocycles. The predicted molar refractivity (Wildman–Crippen MR) is 58.8 cm³/mol. The molecule has 88 valence electrons. The first-order chi connectivity index (χ1) is 7.89. The van der Waals surface area contributed by atoms with Crippen molar-refractivity contribution in [1.29, 1.82) is 0 Å². The van der Waals surface area contributed by atoms with Gasteiger partial charge in [0.1, 0.15) is 0 Å². The van der Waals surface area contributed by atoms with Crippen LogP contribution in [0.2, 0.25) is 0 Å². The van der Waals surface area contributed by atoms with Gasteiger partial charge >= 0.3 is 13.3 Å². The summed E-state index contributed by atoms with van der Waals surface area (Å²) < 4.78 is 37.6. The second kappa shape index (κ2) is 4.05. The molecule has 0 aliphatic rings. The molecular formula is C11H8BF3O2. The number of rotatable bonds is 1. The molecule has 0 saturated heterocycles. The van der Waals surface area contributed by atoms with Gasteiger partial charge in [0, 0.05) is 0 Å². The number of hydrogen-bond donors (Lipinski definition) is 2. The van der Waals surface area contributed by atoms with Crippen LogP contribution in [0, 0.1) is 0 Å². The van der Waals surface area contributed by atoms with E-state index < -0.39 is 18.9 Å². The van der Waals surface area contributed by atoms with Gasteiger partial charge in [0.15, 0.2) is 0 Å². The molecule has 2 N–H and O–H groups in total. The fraction of sp³-hybridized carbons (Fsp3) is 0.0909. The number of fused-ring (bicyclic) bond motifs is 1. The van der Waals surface area contributed by atoms with E-state index in [-0.39, 0.29) is 10.8 Å². The highest BCUT2D eigenvalue weighted by molar-refractivity contribution is 6.61. The van der Waals surface area contributed by atoms with E-state index in [0.29, 0.717) is 5.39 Å². The Hall–Kier alpha value is -1.53. The smallest absolute Gasteiger partial charge is 0.423 e. The highest BCUT2D eigenvalue weighted by Gasteiger charge is 2.30. The molecule has 2 aromatic rings. The van der Waals surface area contributed by atoms with Crippen molar-refractivity contribution in [3.8, 4) is 0 Å². The average molecular weight is 240 g/mol. The molecule has 2 nitrogen and oxygen atoms in total. The fourth-order valence-electron chi connectivity index (χ4n) is 1.70. The lowest BCUT2D eigenvalue weighted by molar-refractivity contribution is -0.137. The van der Waals surface area contributed by atoms with E-state index in [4.69, 9.17) is 10.0 Å². The van der Waals surface area contributed by atoms with Crippen molar-refractivity contribution in [2.75, 3.05) is 0 Å². The molecule has 2 aromatic carbocycles. The van der Waals surface area contributed by atoms with Crippen molar-refractivity contribution in [2.45, 2.75) is 6.18 Å². The first kappa shape index (κ1) is 11.9. The minimum atomic E-state index is -4.44. The van der Waals surface area contributed by atoms with Crippen LogP contribution in [0.25, 0.3) is 10.8 Å². The largest absolute Gasteiger partial charge is 0.489 e. The SMILES string of the molecule is OB(O)c1cccc2ccc(C(F)(F)F)cc12. The highest BCUT2D eigenvalue weighted by atomic mass is 19.4. The molecule has 17 heavy (non-hydrogen) atoms. The summed E-state index contributed by atoms with van der Waals surface area (Å²) >= 11 is 0. The Morgan fingerprint density at radius 3 is 2.29 bits per heavy atom. The Bertz CT molecular complexity index is 552. The molecule has 0 fully saturated rings. The van der Waals surface area contributed by atoms with Gasteiger partial charge in [-0.2, -0.15) is 13.2 Å². The third kappa shape index (κ3) is 2.27. The van der Waals surface area contributed by atoms with Gasteiger partial charge < -0.3 is 10.0 Å². The van der Waals surface area contributed by atoms with Crippen molar-refractivity contribution in [3.05, 3.63) is 42.0 Å². The lowest BCUT2D eigenvalue weighted by atomic mass is 9.77. The van der Waals surface area contributed by atoms with E-state index in [2.05, 4.69) is 0 Å². The summed E-state index contributed by atoms with van der Waals surface area (Å²) in [7, 11) is -1.79. The van der Waals surface area contributed by atoms with E-state index in [9.17, 15) is 13.2 Å². The molecule has 0 amide bonds. The number of halogens is 3. The normalized spacial score (nSPS) is 11.8. The standard InChI is InChI=1S/C11H8BF3O2/c13-11(14,15)8-5-4-7-2-1-3-10(12(16)17)9(7)6-8/h1-6,16-17H. The van der Waals surface area contributed by atoms with Crippen LogP contribution in [0.5, 0.6) is 0 Å². The molecule has 0 atom stereocenters. The van der Waals surface area contributed by atoms with Crippen LogP contribution in [0.1, 0.15) is 5.56 Å². The zero-order valence-corrected chi connectivity index (χ0v) is 8.57. The lowest BCUT2D eigenvalue weighted by Crippen LogP contribution is -2.30. The monoisotopic (exact) mass is 240 g/mol. The Labute approximate surface area is 95.5 Å². The van der Waals surface area contributed by atoms with Gasteiger partial charge in [0.05, 0.1) is 5.56 Å². The van der Waals surface area contributed by atoms with Gasteiger partial charge in [-0.3, -0.25) is 0 Å². The molecular weight excluding hydrogens is 232 g/mol. The van der Waals surface area contributed by atoms with Crippen molar-refractivity contribution in [3.63, 3.8) is 0 Å². The van der Waals surface area contributed by atoms with Gasteiger partial charge in [-0.05, 0) is 28.4 Å². The molecule has 0 unspecified atom stereocenters. The van der Waals surface area contributed by atoms with E-state index in [1.807, 2.05) is 0 Å². The highest BCUT2D eigenvalue weighted by Crippen LogP contribution is 2.30. The molecule has 0 radical (unpaired) electrons. The van der Waals surface area contributed by atoms with E-state index in [1.165, 1.54) is 12.1 Å². The minimum absolute atomic E-state index is 0.0635. The van der Waals surface area contributed by atoms with Gasteiger partial charge in [-0.25, -0.2) is 0 Å². The van der Waals surface area contributed by atoms with Crippen LogP contribution in [-0.4, -0.2) is 17.2 Å². The van der Waals surface area contributed by atoms with Gasteiger partial charge in [0.25, 0.3) is 0 Å². The van der Waals surface area contributed by atoms with E-state index >= 15 is 0 Å². The summed E-state index contributed by atoms with van der Waals surface area (Å²) in [4.78, 5) is 0. The third-order valence-corrected chi connectivity index (χ3v) is 2.52. The van der Waals surface area contributed by atoms with Crippen LogP contribution in [0.3, 0.4) is 0 Å². The molecule has 0 bridgehead atoms. The molecule has 0 spiro atoms. The first-order valence-electron chi connectivity index (χ1n) is 4.85. The maximum atomic E-state index is 12.5. The van der Waals surface area contributed by atoms with Crippen molar-refractivity contribution >= 4 is 23.4 Å². The molecule has 6 heteroatoms. The molecule has 2 rings (SSSR count). The Balaban J connectivity index is 2.70. The predicted octanol–water partition coefficient (Wildman–Crippen LogP) is 1.54. The van der Waals surface area contributed by atoms with E-state index in [1.54, 1.807) is 12.1 Å². The van der Waals surface area contributed by atoms with Crippen LogP contribution < -0.4 is 5.46 Å². The van der Waals surface area contributed by atoms with Crippen LogP contribution in [-0.2, 0) is 6.18 Å². The minimum Gasteiger partial charge on any atom is -0.423 e. The second-order valence-corrected chi connectivity index (χ2v) is 3.65. The van der Waals surface area contributed by atoms with Gasteiger partial charge in [-0.15, -0.1) is 0 Å². The second-order valence-electron chi connectivity index (χ2n) is 3.65. The summed E-state index contributed by atoms with van der Waals surface area (Å²) in [5, 5.41) is 18.9. The van der Waals surface area contributed by atoms with Crippen LogP contribution >= 0.6 is 0 Å². The molecule has 0 saturated carbocycles. The van der Waals surface area contributed by atoms with Crippen LogP contribution in [0.15, 0.2) is 36.4 Å². The Morgan fingerprint density at radius 1 is 1.00 bits per heavy atom.